The highest BCUT2D eigenvalue weighted by Gasteiger charge is 2.34. The molecular weight excluding hydrogens is 214 g/mol. The molecular formula is C11H16ClNS. The SMILES string of the molecule is CNC(c1sccc1Cl)C(C)C1CC1. The molecule has 0 radical (unpaired) electrons. The smallest absolute Gasteiger partial charge is 0.0561 e. The average molecular weight is 230 g/mol. The summed E-state index contributed by atoms with van der Waals surface area (Å²) < 4.78 is 0. The van der Waals surface area contributed by atoms with Crippen molar-refractivity contribution in [2.45, 2.75) is 25.8 Å². The van der Waals surface area contributed by atoms with Crippen LogP contribution in [0, 0.1) is 11.8 Å². The Morgan fingerprint density at radius 1 is 1.57 bits per heavy atom. The minimum atomic E-state index is 0.440. The molecule has 1 nitrogen and oxygen atoms in total. The Balaban J connectivity index is 2.16. The van der Waals surface area contributed by atoms with Gasteiger partial charge in [0.15, 0.2) is 0 Å². The summed E-state index contributed by atoms with van der Waals surface area (Å²) in [6.07, 6.45) is 2.78. The maximum atomic E-state index is 6.15. The van der Waals surface area contributed by atoms with Gasteiger partial charge in [0.25, 0.3) is 0 Å². The second kappa shape index (κ2) is 4.21. The molecule has 1 N–H and O–H groups in total. The first-order valence-corrected chi connectivity index (χ1v) is 6.40. The van der Waals surface area contributed by atoms with Crippen LogP contribution in [0.4, 0.5) is 0 Å². The zero-order valence-corrected chi connectivity index (χ0v) is 10.2. The molecule has 14 heavy (non-hydrogen) atoms. The number of halogens is 1. The highest BCUT2D eigenvalue weighted by Crippen LogP contribution is 2.44. The van der Waals surface area contributed by atoms with E-state index in [4.69, 9.17) is 11.6 Å². The van der Waals surface area contributed by atoms with Crippen LogP contribution in [0.25, 0.3) is 0 Å². The standard InChI is InChI=1S/C11H16ClNS/c1-7(8-3-4-8)10(13-2)11-9(12)5-6-14-11/h5-8,10,13H,3-4H2,1-2H3. The van der Waals surface area contributed by atoms with Gasteiger partial charge in [0, 0.05) is 10.9 Å². The number of rotatable bonds is 4. The van der Waals surface area contributed by atoms with Gasteiger partial charge in [0.1, 0.15) is 0 Å². The lowest BCUT2D eigenvalue weighted by Crippen LogP contribution is -2.24. The molecule has 3 heteroatoms. The lowest BCUT2D eigenvalue weighted by molar-refractivity contribution is 0.374. The van der Waals surface area contributed by atoms with E-state index in [1.165, 1.54) is 17.7 Å². The van der Waals surface area contributed by atoms with Gasteiger partial charge in [-0.2, -0.15) is 0 Å². The molecule has 78 valence electrons. The molecule has 1 fully saturated rings. The number of nitrogens with one attached hydrogen (secondary N) is 1. The van der Waals surface area contributed by atoms with Crippen molar-refractivity contribution >= 4 is 22.9 Å². The molecule has 1 aliphatic rings. The number of hydrogen-bond donors (Lipinski definition) is 1. The Kier molecular flexibility index (Phi) is 3.15. The van der Waals surface area contributed by atoms with Crippen molar-refractivity contribution < 1.29 is 0 Å². The summed E-state index contributed by atoms with van der Waals surface area (Å²) in [4.78, 5) is 1.30. The van der Waals surface area contributed by atoms with Crippen molar-refractivity contribution in [1.82, 2.24) is 5.32 Å². The highest BCUT2D eigenvalue weighted by atomic mass is 35.5. The average Bonchev–Trinajstić information content (AvgIpc) is 2.94. The quantitative estimate of drug-likeness (QED) is 0.830. The molecule has 2 unspecified atom stereocenters. The molecule has 0 aromatic carbocycles. The van der Waals surface area contributed by atoms with E-state index in [2.05, 4.69) is 17.6 Å². The third-order valence-corrected chi connectivity index (χ3v) is 4.57. The van der Waals surface area contributed by atoms with E-state index in [1.807, 2.05) is 13.1 Å². The van der Waals surface area contributed by atoms with Gasteiger partial charge in [-0.15, -0.1) is 11.3 Å². The van der Waals surface area contributed by atoms with Crippen molar-refractivity contribution in [2.75, 3.05) is 7.05 Å². The molecule has 0 aliphatic heterocycles. The van der Waals surface area contributed by atoms with Crippen molar-refractivity contribution in [1.29, 1.82) is 0 Å². The fourth-order valence-corrected chi connectivity index (χ4v) is 3.45. The summed E-state index contributed by atoms with van der Waals surface area (Å²) in [5, 5.41) is 6.38. The summed E-state index contributed by atoms with van der Waals surface area (Å²) >= 11 is 7.91. The van der Waals surface area contributed by atoms with Crippen molar-refractivity contribution in [2.24, 2.45) is 11.8 Å². The molecule has 2 rings (SSSR count). The van der Waals surface area contributed by atoms with Crippen molar-refractivity contribution in [3.05, 3.63) is 21.3 Å². The summed E-state index contributed by atoms with van der Waals surface area (Å²) in [6.45, 7) is 2.33. The molecule has 0 bridgehead atoms. The van der Waals surface area contributed by atoms with E-state index in [0.29, 0.717) is 12.0 Å². The van der Waals surface area contributed by atoms with Gasteiger partial charge in [-0.1, -0.05) is 18.5 Å². The third-order valence-electron chi connectivity index (χ3n) is 3.13. The Morgan fingerprint density at radius 2 is 2.29 bits per heavy atom. The van der Waals surface area contributed by atoms with E-state index >= 15 is 0 Å². The summed E-state index contributed by atoms with van der Waals surface area (Å²) in [5.74, 6) is 1.61. The van der Waals surface area contributed by atoms with E-state index in [9.17, 15) is 0 Å². The maximum absolute atomic E-state index is 6.15. The first-order chi connectivity index (χ1) is 6.74. The van der Waals surface area contributed by atoms with Crippen LogP contribution in [-0.4, -0.2) is 7.05 Å². The maximum Gasteiger partial charge on any atom is 0.0561 e. The first kappa shape index (κ1) is 10.5. The van der Waals surface area contributed by atoms with E-state index in [0.717, 1.165) is 10.9 Å². The molecule has 1 aromatic heterocycles. The molecule has 1 saturated carbocycles. The number of thiophene rings is 1. The Bertz CT molecular complexity index is 306. The van der Waals surface area contributed by atoms with E-state index in [-0.39, 0.29) is 0 Å². The largest absolute Gasteiger partial charge is 0.312 e. The minimum absolute atomic E-state index is 0.440. The normalized spacial score (nSPS) is 20.8. The van der Waals surface area contributed by atoms with Crippen LogP contribution in [0.1, 0.15) is 30.7 Å². The van der Waals surface area contributed by atoms with Crippen LogP contribution in [0.5, 0.6) is 0 Å². The van der Waals surface area contributed by atoms with Crippen LogP contribution in [0.15, 0.2) is 11.4 Å². The van der Waals surface area contributed by atoms with Gasteiger partial charge in [0.2, 0.25) is 0 Å². The Hall–Kier alpha value is -0.0500. The Morgan fingerprint density at radius 3 is 2.71 bits per heavy atom. The zero-order chi connectivity index (χ0) is 10.1. The minimum Gasteiger partial charge on any atom is -0.312 e. The topological polar surface area (TPSA) is 12.0 Å². The second-order valence-electron chi connectivity index (χ2n) is 4.10. The fourth-order valence-electron chi connectivity index (χ4n) is 2.05. The predicted octanol–water partition coefficient (Wildman–Crippen LogP) is 3.71. The monoisotopic (exact) mass is 229 g/mol. The van der Waals surface area contributed by atoms with Gasteiger partial charge in [-0.25, -0.2) is 0 Å². The summed E-state index contributed by atoms with van der Waals surface area (Å²) in [7, 11) is 2.03. The molecule has 2 atom stereocenters. The second-order valence-corrected chi connectivity index (χ2v) is 5.45. The van der Waals surface area contributed by atoms with Gasteiger partial charge in [0.05, 0.1) is 5.02 Å². The molecule has 1 aromatic rings. The lowest BCUT2D eigenvalue weighted by atomic mass is 9.95. The molecule has 0 amide bonds. The third kappa shape index (κ3) is 1.97. The van der Waals surface area contributed by atoms with Gasteiger partial charge < -0.3 is 5.32 Å². The zero-order valence-electron chi connectivity index (χ0n) is 8.59. The van der Waals surface area contributed by atoms with Crippen LogP contribution in [0.2, 0.25) is 5.02 Å². The highest BCUT2D eigenvalue weighted by molar-refractivity contribution is 7.10. The van der Waals surface area contributed by atoms with Gasteiger partial charge in [-0.05, 0) is 43.2 Å². The predicted molar refractivity (Wildman–Crippen MR) is 63.0 cm³/mol. The van der Waals surface area contributed by atoms with Crippen LogP contribution in [-0.2, 0) is 0 Å². The van der Waals surface area contributed by atoms with Crippen molar-refractivity contribution in [3.8, 4) is 0 Å². The molecule has 0 saturated heterocycles. The number of hydrogen-bond acceptors (Lipinski definition) is 2. The van der Waals surface area contributed by atoms with Crippen LogP contribution < -0.4 is 5.32 Å². The fraction of sp³-hybridized carbons (Fsp3) is 0.636. The molecule has 1 aliphatic carbocycles. The van der Waals surface area contributed by atoms with Crippen LogP contribution >= 0.6 is 22.9 Å². The van der Waals surface area contributed by atoms with Gasteiger partial charge in [-0.3, -0.25) is 0 Å². The van der Waals surface area contributed by atoms with Gasteiger partial charge >= 0.3 is 0 Å². The first-order valence-electron chi connectivity index (χ1n) is 5.14. The lowest BCUT2D eigenvalue weighted by Gasteiger charge is -2.22. The summed E-state index contributed by atoms with van der Waals surface area (Å²) in [6, 6.07) is 2.43. The van der Waals surface area contributed by atoms with Crippen molar-refractivity contribution in [3.63, 3.8) is 0 Å². The van der Waals surface area contributed by atoms with Crippen LogP contribution in [0.3, 0.4) is 0 Å². The Labute approximate surface area is 94.5 Å². The van der Waals surface area contributed by atoms with E-state index in [1.54, 1.807) is 11.3 Å². The molecule has 1 heterocycles. The van der Waals surface area contributed by atoms with E-state index < -0.39 is 0 Å². The molecule has 0 spiro atoms. The summed E-state index contributed by atoms with van der Waals surface area (Å²) in [5.41, 5.74) is 0.